The Kier molecular flexibility index (Phi) is 4.23. The minimum absolute atomic E-state index is 0.296. The van der Waals surface area contributed by atoms with Gasteiger partial charge in [0, 0.05) is 35.3 Å². The summed E-state index contributed by atoms with van der Waals surface area (Å²) in [6, 6.07) is 2.70. The quantitative estimate of drug-likeness (QED) is 0.903. The lowest BCUT2D eigenvalue weighted by Crippen LogP contribution is -2.49. The van der Waals surface area contributed by atoms with Gasteiger partial charge in [-0.3, -0.25) is 4.79 Å². The highest BCUT2D eigenvalue weighted by atomic mass is 32.1. The number of piperidine rings is 1. The summed E-state index contributed by atoms with van der Waals surface area (Å²) < 4.78 is 0. The fourth-order valence-electron chi connectivity index (χ4n) is 4.62. The summed E-state index contributed by atoms with van der Waals surface area (Å²) >= 11 is 1.78. The lowest BCUT2D eigenvalue weighted by atomic mass is 9.78. The average molecular weight is 318 g/mol. The van der Waals surface area contributed by atoms with Crippen LogP contribution in [0.2, 0.25) is 0 Å². The second-order valence-electron chi connectivity index (χ2n) is 7.18. The van der Waals surface area contributed by atoms with E-state index in [1.807, 2.05) is 0 Å². The number of likely N-dealkylation sites (tertiary alicyclic amines) is 1. The van der Waals surface area contributed by atoms with E-state index in [2.05, 4.69) is 21.7 Å². The summed E-state index contributed by atoms with van der Waals surface area (Å²) in [5.74, 6) is 1.68. The molecule has 4 rings (SSSR count). The maximum atomic E-state index is 13.0. The summed E-state index contributed by atoms with van der Waals surface area (Å²) in [6.07, 6.45) is 8.95. The Morgan fingerprint density at radius 1 is 1.18 bits per heavy atom. The van der Waals surface area contributed by atoms with Crippen LogP contribution >= 0.6 is 11.3 Å². The molecule has 3 nitrogen and oxygen atoms in total. The number of hydrogen-bond acceptors (Lipinski definition) is 3. The van der Waals surface area contributed by atoms with Gasteiger partial charge >= 0.3 is 0 Å². The van der Waals surface area contributed by atoms with Crippen molar-refractivity contribution in [3.05, 3.63) is 21.9 Å². The molecule has 2 aliphatic heterocycles. The van der Waals surface area contributed by atoms with E-state index in [1.165, 1.54) is 49.8 Å². The summed E-state index contributed by atoms with van der Waals surface area (Å²) in [5, 5.41) is 5.52. The van der Waals surface area contributed by atoms with Crippen LogP contribution in [-0.4, -0.2) is 36.5 Å². The van der Waals surface area contributed by atoms with Crippen LogP contribution in [-0.2, 0) is 0 Å². The highest BCUT2D eigenvalue weighted by Crippen LogP contribution is 2.36. The number of amides is 1. The first-order valence-electron chi connectivity index (χ1n) is 8.93. The van der Waals surface area contributed by atoms with Gasteiger partial charge in [0.25, 0.3) is 5.91 Å². The Hall–Kier alpha value is -0.870. The first-order chi connectivity index (χ1) is 10.8. The second-order valence-corrected chi connectivity index (χ2v) is 8.12. The second kappa shape index (κ2) is 6.32. The first-order valence-corrected chi connectivity index (χ1v) is 9.81. The van der Waals surface area contributed by atoms with Crippen LogP contribution in [0.15, 0.2) is 11.4 Å². The molecule has 0 aromatic carbocycles. The Bertz CT molecular complexity index is 533. The van der Waals surface area contributed by atoms with Gasteiger partial charge in [-0.2, -0.15) is 0 Å². The Morgan fingerprint density at radius 2 is 2.05 bits per heavy atom. The van der Waals surface area contributed by atoms with Crippen molar-refractivity contribution in [1.29, 1.82) is 0 Å². The number of fused-ring (bicyclic) bond motifs is 1. The SMILES string of the molecule is O=C(c1csc(C2CCNC2)c1)N1CCC[C@@H]2CCCC[C@@H]21. The zero-order chi connectivity index (χ0) is 14.9. The van der Waals surface area contributed by atoms with Gasteiger partial charge in [0.15, 0.2) is 0 Å². The zero-order valence-electron chi connectivity index (χ0n) is 13.2. The van der Waals surface area contributed by atoms with Gasteiger partial charge in [0.05, 0.1) is 5.56 Å². The summed E-state index contributed by atoms with van der Waals surface area (Å²) in [6.45, 7) is 3.15. The van der Waals surface area contributed by atoms with Crippen LogP contribution < -0.4 is 5.32 Å². The standard InChI is InChI=1S/C18H26N2OS/c21-18(15-10-17(22-12-15)14-7-8-19-11-14)20-9-3-5-13-4-1-2-6-16(13)20/h10,12-14,16,19H,1-9,11H2/t13-,14?,16-/m0/s1. The molecule has 4 heteroatoms. The van der Waals surface area contributed by atoms with Crippen molar-refractivity contribution in [2.75, 3.05) is 19.6 Å². The molecule has 1 saturated carbocycles. The minimum Gasteiger partial charge on any atom is -0.335 e. The van der Waals surface area contributed by atoms with E-state index in [0.29, 0.717) is 17.9 Å². The normalized spacial score (nSPS) is 32.0. The van der Waals surface area contributed by atoms with Gasteiger partial charge in [-0.05, 0) is 50.6 Å². The largest absolute Gasteiger partial charge is 0.335 e. The van der Waals surface area contributed by atoms with Gasteiger partial charge in [-0.25, -0.2) is 0 Å². The molecule has 22 heavy (non-hydrogen) atoms. The Balaban J connectivity index is 1.50. The van der Waals surface area contributed by atoms with Crippen LogP contribution in [0.1, 0.15) is 66.1 Å². The van der Waals surface area contributed by atoms with Crippen molar-refractivity contribution in [3.8, 4) is 0 Å². The van der Waals surface area contributed by atoms with E-state index in [-0.39, 0.29) is 0 Å². The van der Waals surface area contributed by atoms with Crippen molar-refractivity contribution in [2.24, 2.45) is 5.92 Å². The van der Waals surface area contributed by atoms with E-state index in [0.717, 1.165) is 31.1 Å². The minimum atomic E-state index is 0.296. The number of nitrogens with one attached hydrogen (secondary N) is 1. The smallest absolute Gasteiger partial charge is 0.254 e. The maximum absolute atomic E-state index is 13.0. The predicted octanol–water partition coefficient (Wildman–Crippen LogP) is 3.62. The van der Waals surface area contributed by atoms with Crippen molar-refractivity contribution in [1.82, 2.24) is 10.2 Å². The van der Waals surface area contributed by atoms with Crippen LogP contribution in [0.25, 0.3) is 0 Å². The van der Waals surface area contributed by atoms with E-state index in [1.54, 1.807) is 11.3 Å². The van der Waals surface area contributed by atoms with Crippen LogP contribution in [0.3, 0.4) is 0 Å². The zero-order valence-corrected chi connectivity index (χ0v) is 14.0. The molecule has 1 unspecified atom stereocenters. The molecule has 1 aromatic rings. The number of hydrogen-bond donors (Lipinski definition) is 1. The topological polar surface area (TPSA) is 32.3 Å². The van der Waals surface area contributed by atoms with Crippen molar-refractivity contribution in [3.63, 3.8) is 0 Å². The van der Waals surface area contributed by atoms with Gasteiger partial charge in [-0.15, -0.1) is 11.3 Å². The molecule has 2 saturated heterocycles. The number of carbonyl (C=O) groups excluding carboxylic acids is 1. The Morgan fingerprint density at radius 3 is 2.91 bits per heavy atom. The van der Waals surface area contributed by atoms with Gasteiger partial charge < -0.3 is 10.2 Å². The summed E-state index contributed by atoms with van der Waals surface area (Å²) in [7, 11) is 0. The molecule has 1 aliphatic carbocycles. The molecular weight excluding hydrogens is 292 g/mol. The number of thiophene rings is 1. The number of carbonyl (C=O) groups is 1. The van der Waals surface area contributed by atoms with E-state index in [9.17, 15) is 4.79 Å². The molecule has 120 valence electrons. The highest BCUT2D eigenvalue weighted by molar-refractivity contribution is 7.10. The molecule has 3 heterocycles. The van der Waals surface area contributed by atoms with Gasteiger partial charge in [0.1, 0.15) is 0 Å². The third-order valence-corrected chi connectivity index (χ3v) is 6.93. The van der Waals surface area contributed by atoms with Crippen LogP contribution in [0.5, 0.6) is 0 Å². The fraction of sp³-hybridized carbons (Fsp3) is 0.722. The van der Waals surface area contributed by atoms with Gasteiger partial charge in [-0.1, -0.05) is 12.8 Å². The van der Waals surface area contributed by atoms with Gasteiger partial charge in [0.2, 0.25) is 0 Å². The number of nitrogens with zero attached hydrogens (tertiary/aromatic N) is 1. The van der Waals surface area contributed by atoms with E-state index in [4.69, 9.17) is 0 Å². The third kappa shape index (κ3) is 2.71. The van der Waals surface area contributed by atoms with Crippen molar-refractivity contribution >= 4 is 17.2 Å². The molecule has 0 spiro atoms. The molecule has 1 amide bonds. The first kappa shape index (κ1) is 14.7. The predicted molar refractivity (Wildman–Crippen MR) is 90.6 cm³/mol. The van der Waals surface area contributed by atoms with Crippen LogP contribution in [0.4, 0.5) is 0 Å². The van der Waals surface area contributed by atoms with Crippen molar-refractivity contribution in [2.45, 2.75) is 56.9 Å². The Labute approximate surface area is 137 Å². The lowest BCUT2D eigenvalue weighted by Gasteiger charge is -2.44. The molecular formula is C18H26N2OS. The molecule has 3 fully saturated rings. The van der Waals surface area contributed by atoms with E-state index < -0.39 is 0 Å². The number of rotatable bonds is 2. The fourth-order valence-corrected chi connectivity index (χ4v) is 5.64. The summed E-state index contributed by atoms with van der Waals surface area (Å²) in [5.41, 5.74) is 0.943. The molecule has 3 aliphatic rings. The van der Waals surface area contributed by atoms with Crippen LogP contribution in [0, 0.1) is 5.92 Å². The lowest BCUT2D eigenvalue weighted by molar-refractivity contribution is 0.0391. The van der Waals surface area contributed by atoms with Crippen molar-refractivity contribution < 1.29 is 4.79 Å². The maximum Gasteiger partial charge on any atom is 0.254 e. The summed E-state index contributed by atoms with van der Waals surface area (Å²) in [4.78, 5) is 16.6. The molecule has 3 atom stereocenters. The van der Waals surface area contributed by atoms with E-state index >= 15 is 0 Å². The highest BCUT2D eigenvalue weighted by Gasteiger charge is 2.36. The monoisotopic (exact) mass is 318 g/mol. The molecule has 0 radical (unpaired) electrons. The molecule has 1 aromatic heterocycles. The third-order valence-electron chi connectivity index (χ3n) is 5.83. The molecule has 0 bridgehead atoms. The average Bonchev–Trinajstić information content (AvgIpc) is 3.24. The molecule has 1 N–H and O–H groups in total.